The summed E-state index contributed by atoms with van der Waals surface area (Å²) in [6, 6.07) is 8.04. The van der Waals surface area contributed by atoms with Crippen LogP contribution in [0.2, 0.25) is 0 Å². The summed E-state index contributed by atoms with van der Waals surface area (Å²) in [7, 11) is 1.68. The predicted molar refractivity (Wildman–Crippen MR) is 89.8 cm³/mol. The van der Waals surface area contributed by atoms with Crippen LogP contribution in [0.1, 0.15) is 52.2 Å². The fourth-order valence-corrected chi connectivity index (χ4v) is 2.00. The second-order valence-electron chi connectivity index (χ2n) is 5.62. The molecular weight excluding hydrogens is 260 g/mol. The molecule has 0 N–H and O–H groups in total. The normalized spacial score (nSPS) is 12.9. The highest BCUT2D eigenvalue weighted by molar-refractivity contribution is 5.28. The van der Waals surface area contributed by atoms with E-state index in [-0.39, 0.29) is 6.10 Å². The van der Waals surface area contributed by atoms with E-state index in [0.29, 0.717) is 6.61 Å². The zero-order valence-corrected chi connectivity index (χ0v) is 14.0. The summed E-state index contributed by atoms with van der Waals surface area (Å²) in [6.45, 7) is 9.18. The molecule has 2 heteroatoms. The van der Waals surface area contributed by atoms with Crippen molar-refractivity contribution in [1.82, 2.24) is 0 Å². The summed E-state index contributed by atoms with van der Waals surface area (Å²) in [4.78, 5) is 0. The first-order valence-corrected chi connectivity index (χ1v) is 7.57. The molecule has 1 unspecified atom stereocenters. The van der Waals surface area contributed by atoms with Gasteiger partial charge in [0.15, 0.2) is 0 Å². The Balaban J connectivity index is 2.37. The predicted octanol–water partition coefficient (Wildman–Crippen LogP) is 5.47. The first-order valence-electron chi connectivity index (χ1n) is 7.57. The third kappa shape index (κ3) is 7.14. The highest BCUT2D eigenvalue weighted by Crippen LogP contribution is 2.20. The molecule has 1 atom stereocenters. The van der Waals surface area contributed by atoms with E-state index in [9.17, 15) is 0 Å². The van der Waals surface area contributed by atoms with Crippen molar-refractivity contribution in [2.75, 3.05) is 13.7 Å². The Kier molecular flexibility index (Phi) is 7.84. The monoisotopic (exact) mass is 288 g/mol. The summed E-state index contributed by atoms with van der Waals surface area (Å²) >= 11 is 0. The van der Waals surface area contributed by atoms with E-state index in [1.165, 1.54) is 16.7 Å². The van der Waals surface area contributed by atoms with Crippen LogP contribution in [0.25, 0.3) is 0 Å². The van der Waals surface area contributed by atoms with E-state index < -0.39 is 0 Å². The SMILES string of the molecule is COc1ccc(C(C)OC/C=C(\C)CCC=C(C)C)cc1. The Labute approximate surface area is 129 Å². The number of ether oxygens (including phenoxy) is 2. The minimum absolute atomic E-state index is 0.0951. The number of hydrogen-bond acceptors (Lipinski definition) is 2. The fourth-order valence-electron chi connectivity index (χ4n) is 2.00. The molecule has 1 aromatic rings. The number of allylic oxidation sites excluding steroid dienone is 3. The summed E-state index contributed by atoms with van der Waals surface area (Å²) in [6.07, 6.45) is 6.76. The molecule has 116 valence electrons. The lowest BCUT2D eigenvalue weighted by Crippen LogP contribution is -2.00. The second kappa shape index (κ2) is 9.41. The lowest BCUT2D eigenvalue weighted by atomic mass is 10.1. The van der Waals surface area contributed by atoms with Crippen LogP contribution in [0.15, 0.2) is 47.6 Å². The van der Waals surface area contributed by atoms with E-state index in [1.807, 2.05) is 12.1 Å². The van der Waals surface area contributed by atoms with Gasteiger partial charge in [0.1, 0.15) is 5.75 Å². The smallest absolute Gasteiger partial charge is 0.118 e. The molecule has 0 amide bonds. The lowest BCUT2D eigenvalue weighted by Gasteiger charge is -2.13. The fraction of sp³-hybridized carbons (Fsp3) is 0.474. The first kappa shape index (κ1) is 17.5. The second-order valence-corrected chi connectivity index (χ2v) is 5.62. The van der Waals surface area contributed by atoms with Crippen molar-refractivity contribution in [1.29, 1.82) is 0 Å². The maximum atomic E-state index is 5.87. The molecule has 0 aliphatic rings. The number of benzene rings is 1. The number of rotatable bonds is 8. The molecule has 1 rings (SSSR count). The van der Waals surface area contributed by atoms with Gasteiger partial charge in [0, 0.05) is 0 Å². The summed E-state index contributed by atoms with van der Waals surface area (Å²) < 4.78 is 11.0. The third-order valence-corrected chi connectivity index (χ3v) is 3.45. The van der Waals surface area contributed by atoms with Crippen LogP contribution in [-0.2, 0) is 4.74 Å². The molecule has 21 heavy (non-hydrogen) atoms. The Morgan fingerprint density at radius 3 is 2.33 bits per heavy atom. The van der Waals surface area contributed by atoms with Gasteiger partial charge in [0.25, 0.3) is 0 Å². The highest BCUT2D eigenvalue weighted by atomic mass is 16.5. The van der Waals surface area contributed by atoms with Gasteiger partial charge in [-0.3, -0.25) is 0 Å². The Hall–Kier alpha value is -1.54. The molecule has 0 heterocycles. The van der Waals surface area contributed by atoms with Crippen LogP contribution in [0.3, 0.4) is 0 Å². The summed E-state index contributed by atoms with van der Waals surface area (Å²) in [5, 5.41) is 0. The van der Waals surface area contributed by atoms with E-state index >= 15 is 0 Å². The standard InChI is InChI=1S/C19H28O2/c1-15(2)7-6-8-16(3)13-14-21-17(4)18-9-11-19(20-5)12-10-18/h7,9-13,17H,6,8,14H2,1-5H3/b16-13+. The van der Waals surface area contributed by atoms with Gasteiger partial charge in [-0.15, -0.1) is 0 Å². The Bertz CT molecular complexity index is 465. The molecule has 0 fully saturated rings. The van der Waals surface area contributed by atoms with Crippen LogP contribution < -0.4 is 4.74 Å². The topological polar surface area (TPSA) is 18.5 Å². The minimum atomic E-state index is 0.0951. The molecule has 0 spiro atoms. The molecule has 0 bridgehead atoms. The molecule has 0 radical (unpaired) electrons. The van der Waals surface area contributed by atoms with Crippen LogP contribution in [0.4, 0.5) is 0 Å². The van der Waals surface area contributed by atoms with Crippen LogP contribution in [-0.4, -0.2) is 13.7 Å². The molecule has 0 aliphatic heterocycles. The van der Waals surface area contributed by atoms with Gasteiger partial charge in [-0.1, -0.05) is 35.4 Å². The lowest BCUT2D eigenvalue weighted by molar-refractivity contribution is 0.0882. The molecule has 0 aliphatic carbocycles. The average molecular weight is 288 g/mol. The van der Waals surface area contributed by atoms with Gasteiger partial charge >= 0.3 is 0 Å². The average Bonchev–Trinajstić information content (AvgIpc) is 2.46. The first-order chi connectivity index (χ1) is 10.0. The van der Waals surface area contributed by atoms with E-state index in [4.69, 9.17) is 9.47 Å². The van der Waals surface area contributed by atoms with Gasteiger partial charge in [0.2, 0.25) is 0 Å². The van der Waals surface area contributed by atoms with E-state index in [1.54, 1.807) is 7.11 Å². The number of hydrogen-bond donors (Lipinski definition) is 0. The zero-order valence-electron chi connectivity index (χ0n) is 14.0. The van der Waals surface area contributed by atoms with E-state index in [0.717, 1.165) is 18.6 Å². The van der Waals surface area contributed by atoms with Gasteiger partial charge in [0.05, 0.1) is 19.8 Å². The largest absolute Gasteiger partial charge is 0.497 e. The van der Waals surface area contributed by atoms with Gasteiger partial charge in [-0.25, -0.2) is 0 Å². The molecule has 1 aromatic carbocycles. The molecule has 0 saturated heterocycles. The van der Waals surface area contributed by atoms with Crippen molar-refractivity contribution in [2.24, 2.45) is 0 Å². The maximum absolute atomic E-state index is 5.87. The Morgan fingerprint density at radius 2 is 1.76 bits per heavy atom. The quantitative estimate of drug-likeness (QED) is 0.591. The third-order valence-electron chi connectivity index (χ3n) is 3.45. The van der Waals surface area contributed by atoms with Gasteiger partial charge in [-0.05, 0) is 58.2 Å². The molecule has 0 saturated carbocycles. The van der Waals surface area contributed by atoms with Crippen LogP contribution in [0.5, 0.6) is 5.75 Å². The van der Waals surface area contributed by atoms with E-state index in [2.05, 4.69) is 52.0 Å². The maximum Gasteiger partial charge on any atom is 0.118 e. The van der Waals surface area contributed by atoms with Crippen LogP contribution in [0, 0.1) is 0 Å². The van der Waals surface area contributed by atoms with Crippen LogP contribution >= 0.6 is 0 Å². The van der Waals surface area contributed by atoms with Crippen molar-refractivity contribution in [3.05, 3.63) is 53.1 Å². The van der Waals surface area contributed by atoms with Crippen molar-refractivity contribution < 1.29 is 9.47 Å². The highest BCUT2D eigenvalue weighted by Gasteiger charge is 2.04. The minimum Gasteiger partial charge on any atom is -0.497 e. The van der Waals surface area contributed by atoms with Crippen molar-refractivity contribution in [3.63, 3.8) is 0 Å². The molecule has 0 aromatic heterocycles. The van der Waals surface area contributed by atoms with Gasteiger partial charge < -0.3 is 9.47 Å². The van der Waals surface area contributed by atoms with Gasteiger partial charge in [-0.2, -0.15) is 0 Å². The number of methoxy groups -OCH3 is 1. The Morgan fingerprint density at radius 1 is 1.10 bits per heavy atom. The molecular formula is C19H28O2. The van der Waals surface area contributed by atoms with Crippen molar-refractivity contribution in [2.45, 2.75) is 46.6 Å². The summed E-state index contributed by atoms with van der Waals surface area (Å²) in [5.41, 5.74) is 3.94. The van der Waals surface area contributed by atoms with Crippen molar-refractivity contribution >= 4 is 0 Å². The van der Waals surface area contributed by atoms with Crippen molar-refractivity contribution in [3.8, 4) is 5.75 Å². The molecule has 2 nitrogen and oxygen atoms in total. The zero-order chi connectivity index (χ0) is 15.7. The summed E-state index contributed by atoms with van der Waals surface area (Å²) in [5.74, 6) is 0.876.